The number of nitrogens with one attached hydrogen (secondary N) is 1. The molecule has 0 aliphatic carbocycles. The summed E-state index contributed by atoms with van der Waals surface area (Å²) in [4.78, 5) is 35.0. The molecule has 2 heterocycles. The number of aliphatic hydroxyl groups excluding tert-OH is 1. The lowest BCUT2D eigenvalue weighted by molar-refractivity contribution is -0.132. The number of phenolic OH excluding ortho intramolecular Hbond substituents is 1. The average Bonchev–Trinajstić information content (AvgIpc) is 3.32. The van der Waals surface area contributed by atoms with Crippen LogP contribution in [0.1, 0.15) is 17.2 Å². The third-order valence-electron chi connectivity index (χ3n) is 5.36. The predicted octanol–water partition coefficient (Wildman–Crippen LogP) is 4.55. The molecule has 5 rings (SSSR count). The van der Waals surface area contributed by atoms with E-state index in [1.807, 2.05) is 18.2 Å². The first kappa shape index (κ1) is 19.8. The number of aromatic hydroxyl groups is 1. The summed E-state index contributed by atoms with van der Waals surface area (Å²) in [6, 6.07) is 18.8. The lowest BCUT2D eigenvalue weighted by atomic mass is 9.95. The van der Waals surface area contributed by atoms with E-state index in [1.165, 1.54) is 23.1 Å². The normalized spacial score (nSPS) is 17.9. The van der Waals surface area contributed by atoms with Gasteiger partial charge < -0.3 is 15.2 Å². The molecule has 3 N–H and O–H groups in total. The zero-order valence-electron chi connectivity index (χ0n) is 16.5. The molecule has 7 nitrogen and oxygen atoms in total. The number of imidazole rings is 1. The number of aromatic nitrogens is 2. The topological polar surface area (TPSA) is 107 Å². The molecular weight excluding hydrogens is 430 g/mol. The van der Waals surface area contributed by atoms with Gasteiger partial charge in [0.2, 0.25) is 5.95 Å². The largest absolute Gasteiger partial charge is 0.508 e. The van der Waals surface area contributed by atoms with Crippen molar-refractivity contribution >= 4 is 46.0 Å². The highest BCUT2D eigenvalue weighted by atomic mass is 35.5. The molecule has 0 radical (unpaired) electrons. The van der Waals surface area contributed by atoms with E-state index >= 15 is 0 Å². The molecule has 1 aliphatic heterocycles. The first-order chi connectivity index (χ1) is 15.4. The van der Waals surface area contributed by atoms with Crippen molar-refractivity contribution < 1.29 is 19.8 Å². The number of amides is 1. The Hall–Kier alpha value is -4.10. The summed E-state index contributed by atoms with van der Waals surface area (Å²) in [5, 5.41) is 21.2. The second kappa shape index (κ2) is 7.55. The zero-order chi connectivity index (χ0) is 22.4. The fourth-order valence-electron chi connectivity index (χ4n) is 3.87. The van der Waals surface area contributed by atoms with Crippen LogP contribution in [0.15, 0.2) is 78.4 Å². The maximum atomic E-state index is 13.1. The van der Waals surface area contributed by atoms with Crippen molar-refractivity contribution in [2.75, 3.05) is 4.90 Å². The van der Waals surface area contributed by atoms with Gasteiger partial charge in [0, 0.05) is 10.6 Å². The SMILES string of the molecule is O=C1C(=O)N(c2nc3ccccc3[nH]2)C(c2ccc(O)cc2)/C1=C(\O)c1cccc(Cl)c1. The average molecular weight is 446 g/mol. The number of fused-ring (bicyclic) bond motifs is 1. The van der Waals surface area contributed by atoms with Crippen molar-refractivity contribution in [1.29, 1.82) is 0 Å². The minimum absolute atomic E-state index is 0.0317. The Morgan fingerprint density at radius 1 is 1.00 bits per heavy atom. The fraction of sp³-hybridized carbons (Fsp3) is 0.0417. The lowest BCUT2D eigenvalue weighted by Gasteiger charge is -2.23. The number of rotatable bonds is 3. The molecule has 1 aromatic heterocycles. The van der Waals surface area contributed by atoms with Crippen LogP contribution < -0.4 is 4.90 Å². The Bertz CT molecular complexity index is 1380. The van der Waals surface area contributed by atoms with E-state index in [1.54, 1.807) is 36.4 Å². The number of carbonyl (C=O) groups is 2. The third-order valence-corrected chi connectivity index (χ3v) is 5.59. The van der Waals surface area contributed by atoms with Crippen LogP contribution in [-0.2, 0) is 9.59 Å². The maximum Gasteiger partial charge on any atom is 0.302 e. The van der Waals surface area contributed by atoms with Crippen LogP contribution in [-0.4, -0.2) is 31.9 Å². The fourth-order valence-corrected chi connectivity index (χ4v) is 4.06. The first-order valence-corrected chi connectivity index (χ1v) is 10.1. The number of phenols is 1. The molecule has 158 valence electrons. The van der Waals surface area contributed by atoms with E-state index in [2.05, 4.69) is 9.97 Å². The predicted molar refractivity (Wildman–Crippen MR) is 120 cm³/mol. The number of Topliss-reactive ketones (excluding diaryl/α,β-unsaturated/α-hetero) is 1. The van der Waals surface area contributed by atoms with Crippen LogP contribution >= 0.6 is 11.6 Å². The Kier molecular flexibility index (Phi) is 4.68. The zero-order valence-corrected chi connectivity index (χ0v) is 17.2. The van der Waals surface area contributed by atoms with Gasteiger partial charge in [0.1, 0.15) is 11.5 Å². The highest BCUT2D eigenvalue weighted by Gasteiger charge is 2.48. The number of hydrogen-bond acceptors (Lipinski definition) is 5. The summed E-state index contributed by atoms with van der Waals surface area (Å²) < 4.78 is 0. The number of anilines is 1. The van der Waals surface area contributed by atoms with Crippen LogP contribution in [0.5, 0.6) is 5.75 Å². The van der Waals surface area contributed by atoms with E-state index in [0.29, 0.717) is 27.2 Å². The number of halogens is 1. The van der Waals surface area contributed by atoms with Gasteiger partial charge in [0.05, 0.1) is 22.6 Å². The quantitative estimate of drug-likeness (QED) is 0.244. The van der Waals surface area contributed by atoms with Gasteiger partial charge in [0.15, 0.2) is 0 Å². The number of H-pyrrole nitrogens is 1. The van der Waals surface area contributed by atoms with Crippen molar-refractivity contribution in [3.05, 3.63) is 94.5 Å². The molecule has 0 spiro atoms. The van der Waals surface area contributed by atoms with Crippen molar-refractivity contribution in [2.45, 2.75) is 6.04 Å². The van der Waals surface area contributed by atoms with E-state index in [4.69, 9.17) is 11.6 Å². The van der Waals surface area contributed by atoms with E-state index in [0.717, 1.165) is 0 Å². The second-order valence-corrected chi connectivity index (χ2v) is 7.78. The first-order valence-electron chi connectivity index (χ1n) is 9.74. The monoisotopic (exact) mass is 445 g/mol. The molecule has 4 aromatic rings. The number of aromatic amines is 1. The van der Waals surface area contributed by atoms with Gasteiger partial charge in [-0.25, -0.2) is 4.98 Å². The van der Waals surface area contributed by atoms with Crippen molar-refractivity contribution in [1.82, 2.24) is 9.97 Å². The van der Waals surface area contributed by atoms with Crippen LogP contribution in [0.4, 0.5) is 5.95 Å². The number of para-hydroxylation sites is 2. The van der Waals surface area contributed by atoms with Crippen molar-refractivity contribution in [3.63, 3.8) is 0 Å². The highest BCUT2D eigenvalue weighted by Crippen LogP contribution is 2.42. The molecule has 1 amide bonds. The summed E-state index contributed by atoms with van der Waals surface area (Å²) in [5.74, 6) is -1.81. The van der Waals surface area contributed by atoms with Crippen LogP contribution in [0.2, 0.25) is 5.02 Å². The van der Waals surface area contributed by atoms with Gasteiger partial charge >= 0.3 is 5.91 Å². The number of hydrogen-bond donors (Lipinski definition) is 3. The number of aliphatic hydroxyl groups is 1. The highest BCUT2D eigenvalue weighted by molar-refractivity contribution is 6.51. The van der Waals surface area contributed by atoms with Gasteiger partial charge in [-0.05, 0) is 42.0 Å². The van der Waals surface area contributed by atoms with Gasteiger partial charge in [-0.1, -0.05) is 48.0 Å². The lowest BCUT2D eigenvalue weighted by Crippen LogP contribution is -2.30. The summed E-state index contributed by atoms with van der Waals surface area (Å²) in [7, 11) is 0. The standard InChI is InChI=1S/C24H16ClN3O4/c25-15-5-3-4-14(12-15)21(30)19-20(13-8-10-16(29)11-9-13)28(23(32)22(19)31)24-26-17-6-1-2-7-18(17)27-24/h1-12,20,29-30H,(H,26,27)/b21-19+. The molecule has 1 atom stereocenters. The van der Waals surface area contributed by atoms with E-state index in [-0.39, 0.29) is 23.0 Å². The van der Waals surface area contributed by atoms with Crippen molar-refractivity contribution in [3.8, 4) is 5.75 Å². The molecule has 1 unspecified atom stereocenters. The molecule has 8 heteroatoms. The van der Waals surface area contributed by atoms with Gasteiger partial charge in [0.25, 0.3) is 5.78 Å². The Balaban J connectivity index is 1.74. The molecule has 0 saturated carbocycles. The molecule has 1 aliphatic rings. The van der Waals surface area contributed by atoms with Gasteiger partial charge in [-0.15, -0.1) is 0 Å². The molecule has 3 aromatic carbocycles. The Morgan fingerprint density at radius 2 is 1.75 bits per heavy atom. The van der Waals surface area contributed by atoms with Crippen LogP contribution in [0, 0.1) is 0 Å². The molecule has 32 heavy (non-hydrogen) atoms. The number of benzene rings is 3. The maximum absolute atomic E-state index is 13.1. The van der Waals surface area contributed by atoms with E-state index < -0.39 is 17.7 Å². The van der Waals surface area contributed by atoms with E-state index in [9.17, 15) is 19.8 Å². The Morgan fingerprint density at radius 3 is 2.47 bits per heavy atom. The number of ketones is 1. The summed E-state index contributed by atoms with van der Waals surface area (Å²) in [5.41, 5.74) is 2.06. The summed E-state index contributed by atoms with van der Waals surface area (Å²) in [6.07, 6.45) is 0. The minimum atomic E-state index is -0.963. The summed E-state index contributed by atoms with van der Waals surface area (Å²) >= 11 is 6.06. The van der Waals surface area contributed by atoms with Gasteiger partial charge in [-0.2, -0.15) is 0 Å². The van der Waals surface area contributed by atoms with Gasteiger partial charge in [-0.3, -0.25) is 14.5 Å². The molecule has 0 bridgehead atoms. The number of carbonyl (C=O) groups excluding carboxylic acids is 2. The Labute approximate surface area is 187 Å². The second-order valence-electron chi connectivity index (χ2n) is 7.35. The minimum Gasteiger partial charge on any atom is -0.508 e. The van der Waals surface area contributed by atoms with Crippen LogP contribution in [0.3, 0.4) is 0 Å². The molecule has 1 fully saturated rings. The molecule has 1 saturated heterocycles. The van der Waals surface area contributed by atoms with Crippen LogP contribution in [0.25, 0.3) is 16.8 Å². The molecular formula is C24H16ClN3O4. The number of nitrogens with zero attached hydrogens (tertiary/aromatic N) is 2. The summed E-state index contributed by atoms with van der Waals surface area (Å²) in [6.45, 7) is 0. The van der Waals surface area contributed by atoms with Crippen molar-refractivity contribution in [2.24, 2.45) is 0 Å². The smallest absolute Gasteiger partial charge is 0.302 e. The third kappa shape index (κ3) is 3.19.